The number of carbonyl (C=O) groups excluding carboxylic acids is 2. The molecule has 3 heterocycles. The zero-order valence-corrected chi connectivity index (χ0v) is 15.0. The SMILES string of the molecule is O=C(C1CC(=O)N(c2ccccc2Cl)C1)N1CC[C@@H]2CNC[C@@H]2CC1. The van der Waals surface area contributed by atoms with Crippen molar-refractivity contribution in [2.75, 3.05) is 37.6 Å². The zero-order valence-electron chi connectivity index (χ0n) is 14.3. The summed E-state index contributed by atoms with van der Waals surface area (Å²) < 4.78 is 0. The summed E-state index contributed by atoms with van der Waals surface area (Å²) in [5.41, 5.74) is 0.709. The van der Waals surface area contributed by atoms with Crippen molar-refractivity contribution in [3.8, 4) is 0 Å². The maximum absolute atomic E-state index is 13.0. The number of likely N-dealkylation sites (tertiary alicyclic amines) is 1. The number of nitrogens with one attached hydrogen (secondary N) is 1. The minimum absolute atomic E-state index is 0.0117. The molecule has 5 nitrogen and oxygen atoms in total. The Morgan fingerprint density at radius 3 is 2.48 bits per heavy atom. The molecular formula is C19H24ClN3O2. The fraction of sp³-hybridized carbons (Fsp3) is 0.579. The molecule has 1 N–H and O–H groups in total. The molecule has 3 atom stereocenters. The van der Waals surface area contributed by atoms with Crippen LogP contribution < -0.4 is 10.2 Å². The quantitative estimate of drug-likeness (QED) is 0.878. The van der Waals surface area contributed by atoms with Gasteiger partial charge in [0, 0.05) is 26.1 Å². The number of carbonyl (C=O) groups is 2. The number of benzene rings is 1. The lowest BCUT2D eigenvalue weighted by Crippen LogP contribution is -2.38. The maximum Gasteiger partial charge on any atom is 0.228 e. The largest absolute Gasteiger partial charge is 0.342 e. The van der Waals surface area contributed by atoms with Crippen LogP contribution in [0.2, 0.25) is 5.02 Å². The second-order valence-electron chi connectivity index (χ2n) is 7.44. The normalized spacial score (nSPS) is 29.6. The van der Waals surface area contributed by atoms with Crippen LogP contribution in [0, 0.1) is 17.8 Å². The molecule has 25 heavy (non-hydrogen) atoms. The van der Waals surface area contributed by atoms with Crippen LogP contribution in [0.5, 0.6) is 0 Å². The highest BCUT2D eigenvalue weighted by Crippen LogP contribution is 2.33. The number of halogens is 1. The van der Waals surface area contributed by atoms with E-state index in [9.17, 15) is 9.59 Å². The zero-order chi connectivity index (χ0) is 17.4. The Balaban J connectivity index is 1.43. The first-order chi connectivity index (χ1) is 12.1. The van der Waals surface area contributed by atoms with Crippen LogP contribution in [0.25, 0.3) is 0 Å². The van der Waals surface area contributed by atoms with E-state index in [1.807, 2.05) is 23.1 Å². The molecule has 3 aliphatic rings. The Labute approximate surface area is 153 Å². The Morgan fingerprint density at radius 1 is 1.12 bits per heavy atom. The summed E-state index contributed by atoms with van der Waals surface area (Å²) in [4.78, 5) is 29.1. The Hall–Kier alpha value is -1.59. The molecule has 134 valence electrons. The van der Waals surface area contributed by atoms with Crippen molar-refractivity contribution < 1.29 is 9.59 Å². The lowest BCUT2D eigenvalue weighted by Gasteiger charge is -2.24. The number of amides is 2. The minimum atomic E-state index is -0.250. The average molecular weight is 362 g/mol. The fourth-order valence-corrected chi connectivity index (χ4v) is 4.71. The highest BCUT2D eigenvalue weighted by atomic mass is 35.5. The lowest BCUT2D eigenvalue weighted by atomic mass is 9.92. The average Bonchev–Trinajstić information content (AvgIpc) is 3.16. The molecule has 3 saturated heterocycles. The van der Waals surface area contributed by atoms with Gasteiger partial charge in [0.1, 0.15) is 0 Å². The number of anilines is 1. The molecule has 0 bridgehead atoms. The molecule has 0 saturated carbocycles. The third kappa shape index (κ3) is 3.27. The van der Waals surface area contributed by atoms with Crippen LogP contribution in [0.4, 0.5) is 5.69 Å². The predicted octanol–water partition coefficient (Wildman–Crippen LogP) is 2.15. The second-order valence-corrected chi connectivity index (χ2v) is 7.85. The maximum atomic E-state index is 13.0. The number of fused-ring (bicyclic) bond motifs is 1. The molecule has 1 aromatic carbocycles. The minimum Gasteiger partial charge on any atom is -0.342 e. The summed E-state index contributed by atoms with van der Waals surface area (Å²) in [5.74, 6) is 1.27. The Bertz CT molecular complexity index is 666. The van der Waals surface area contributed by atoms with E-state index >= 15 is 0 Å². The van der Waals surface area contributed by atoms with Gasteiger partial charge in [0.05, 0.1) is 16.6 Å². The van der Waals surface area contributed by atoms with E-state index in [1.165, 1.54) is 0 Å². The van der Waals surface area contributed by atoms with E-state index in [0.29, 0.717) is 29.1 Å². The molecule has 0 radical (unpaired) electrons. The first-order valence-electron chi connectivity index (χ1n) is 9.18. The van der Waals surface area contributed by atoms with Gasteiger partial charge in [-0.2, -0.15) is 0 Å². The summed E-state index contributed by atoms with van der Waals surface area (Å²) in [5, 5.41) is 4.01. The van der Waals surface area contributed by atoms with E-state index in [0.717, 1.165) is 39.0 Å². The van der Waals surface area contributed by atoms with E-state index in [2.05, 4.69) is 5.32 Å². The smallest absolute Gasteiger partial charge is 0.228 e. The molecule has 3 fully saturated rings. The van der Waals surface area contributed by atoms with Crippen LogP contribution in [0.1, 0.15) is 19.3 Å². The third-order valence-corrected chi connectivity index (χ3v) is 6.27. The summed E-state index contributed by atoms with van der Waals surface area (Å²) >= 11 is 6.23. The van der Waals surface area contributed by atoms with Gasteiger partial charge in [-0.05, 0) is 49.9 Å². The monoisotopic (exact) mass is 361 g/mol. The first kappa shape index (κ1) is 16.9. The fourth-order valence-electron chi connectivity index (χ4n) is 4.47. The summed E-state index contributed by atoms with van der Waals surface area (Å²) in [6.07, 6.45) is 2.42. The van der Waals surface area contributed by atoms with Crippen molar-refractivity contribution in [2.45, 2.75) is 19.3 Å². The molecular weight excluding hydrogens is 338 g/mol. The first-order valence-corrected chi connectivity index (χ1v) is 9.55. The molecule has 1 unspecified atom stereocenters. The summed E-state index contributed by atoms with van der Waals surface area (Å²) in [7, 11) is 0. The van der Waals surface area contributed by atoms with Crippen LogP contribution >= 0.6 is 11.6 Å². The lowest BCUT2D eigenvalue weighted by molar-refractivity contribution is -0.135. The van der Waals surface area contributed by atoms with Crippen molar-refractivity contribution in [3.63, 3.8) is 0 Å². The van der Waals surface area contributed by atoms with Gasteiger partial charge in [-0.15, -0.1) is 0 Å². The topological polar surface area (TPSA) is 52.7 Å². The molecule has 4 rings (SSSR count). The van der Waals surface area contributed by atoms with Crippen molar-refractivity contribution >= 4 is 29.1 Å². The highest BCUT2D eigenvalue weighted by molar-refractivity contribution is 6.33. The number of nitrogens with zero attached hydrogens (tertiary/aromatic N) is 2. The van der Waals surface area contributed by atoms with Crippen LogP contribution in [-0.4, -0.2) is 49.4 Å². The Morgan fingerprint density at radius 2 is 1.80 bits per heavy atom. The van der Waals surface area contributed by atoms with Crippen LogP contribution in [-0.2, 0) is 9.59 Å². The number of hydrogen-bond acceptors (Lipinski definition) is 3. The van der Waals surface area contributed by atoms with Gasteiger partial charge in [0.25, 0.3) is 0 Å². The van der Waals surface area contributed by atoms with Gasteiger partial charge in [-0.25, -0.2) is 0 Å². The van der Waals surface area contributed by atoms with Gasteiger partial charge in [0.2, 0.25) is 11.8 Å². The van der Waals surface area contributed by atoms with Crippen LogP contribution in [0.3, 0.4) is 0 Å². The highest BCUT2D eigenvalue weighted by Gasteiger charge is 2.39. The third-order valence-electron chi connectivity index (χ3n) is 5.95. The van der Waals surface area contributed by atoms with E-state index in [1.54, 1.807) is 11.0 Å². The van der Waals surface area contributed by atoms with Crippen molar-refractivity contribution in [1.82, 2.24) is 10.2 Å². The number of para-hydroxylation sites is 1. The Kier molecular flexibility index (Phi) is 4.69. The van der Waals surface area contributed by atoms with Gasteiger partial charge in [0.15, 0.2) is 0 Å². The molecule has 1 aromatic rings. The molecule has 3 aliphatic heterocycles. The number of rotatable bonds is 2. The van der Waals surface area contributed by atoms with Gasteiger partial charge < -0.3 is 15.1 Å². The standard InChI is InChI=1S/C19H24ClN3O2/c20-16-3-1-2-4-17(16)23-12-15(9-18(23)24)19(25)22-7-5-13-10-21-11-14(13)6-8-22/h1-4,13-15,21H,5-12H2/t13-,14+,15?. The molecule has 0 aliphatic carbocycles. The number of hydrogen-bond donors (Lipinski definition) is 1. The second kappa shape index (κ2) is 6.96. The van der Waals surface area contributed by atoms with E-state index < -0.39 is 0 Å². The van der Waals surface area contributed by atoms with Crippen molar-refractivity contribution in [3.05, 3.63) is 29.3 Å². The van der Waals surface area contributed by atoms with Gasteiger partial charge in [-0.1, -0.05) is 23.7 Å². The summed E-state index contributed by atoms with van der Waals surface area (Å²) in [6.45, 7) is 4.23. The molecule has 0 spiro atoms. The van der Waals surface area contributed by atoms with Gasteiger partial charge >= 0.3 is 0 Å². The predicted molar refractivity (Wildman–Crippen MR) is 97.6 cm³/mol. The summed E-state index contributed by atoms with van der Waals surface area (Å²) in [6, 6.07) is 7.33. The van der Waals surface area contributed by atoms with E-state index in [4.69, 9.17) is 11.6 Å². The van der Waals surface area contributed by atoms with Crippen LogP contribution in [0.15, 0.2) is 24.3 Å². The van der Waals surface area contributed by atoms with E-state index in [-0.39, 0.29) is 24.2 Å². The van der Waals surface area contributed by atoms with Crippen molar-refractivity contribution in [1.29, 1.82) is 0 Å². The van der Waals surface area contributed by atoms with Crippen molar-refractivity contribution in [2.24, 2.45) is 17.8 Å². The molecule has 2 amide bonds. The van der Waals surface area contributed by atoms with Gasteiger partial charge in [-0.3, -0.25) is 9.59 Å². The molecule has 6 heteroatoms. The molecule has 0 aromatic heterocycles.